The summed E-state index contributed by atoms with van der Waals surface area (Å²) in [6.07, 6.45) is 3.71. The van der Waals surface area contributed by atoms with Gasteiger partial charge >= 0.3 is 0 Å². The van der Waals surface area contributed by atoms with E-state index in [1.165, 1.54) is 12.5 Å². The van der Waals surface area contributed by atoms with Crippen molar-refractivity contribution in [3.8, 4) is 0 Å². The van der Waals surface area contributed by atoms with Crippen LogP contribution >= 0.6 is 11.6 Å². The number of halogens is 1. The number of nitrogens with one attached hydrogen (secondary N) is 1. The third kappa shape index (κ3) is 3.59. The average Bonchev–Trinajstić information content (AvgIpc) is 2.69. The van der Waals surface area contributed by atoms with Gasteiger partial charge in [-0.3, -0.25) is 4.79 Å². The van der Waals surface area contributed by atoms with Crippen LogP contribution in [0, 0.1) is 5.92 Å². The lowest BCUT2D eigenvalue weighted by atomic mass is 10.0. The molecule has 1 unspecified atom stereocenters. The summed E-state index contributed by atoms with van der Waals surface area (Å²) in [5.74, 6) is 0.821. The van der Waals surface area contributed by atoms with E-state index in [-0.39, 0.29) is 11.9 Å². The molecule has 0 aliphatic carbocycles. The SMILES string of the molecule is CC(C)C(CCCl)NC(=O)c1ccoc1. The van der Waals surface area contributed by atoms with Crippen LogP contribution in [0.5, 0.6) is 0 Å². The van der Waals surface area contributed by atoms with E-state index in [2.05, 4.69) is 19.2 Å². The Morgan fingerprint density at radius 1 is 1.60 bits per heavy atom. The molecule has 1 aromatic rings. The number of rotatable bonds is 5. The molecule has 1 heterocycles. The first kappa shape index (κ1) is 12.1. The maximum atomic E-state index is 11.7. The highest BCUT2D eigenvalue weighted by Gasteiger charge is 2.16. The van der Waals surface area contributed by atoms with Crippen LogP contribution in [-0.2, 0) is 0 Å². The lowest BCUT2D eigenvalue weighted by molar-refractivity contribution is 0.0924. The lowest BCUT2D eigenvalue weighted by Gasteiger charge is -2.20. The van der Waals surface area contributed by atoms with Crippen molar-refractivity contribution in [2.24, 2.45) is 5.92 Å². The summed E-state index contributed by atoms with van der Waals surface area (Å²) in [5.41, 5.74) is 0.551. The molecular weight excluding hydrogens is 214 g/mol. The Kier molecular flexibility index (Phi) is 4.69. The number of carbonyl (C=O) groups excluding carboxylic acids is 1. The van der Waals surface area contributed by atoms with Crippen LogP contribution in [0.1, 0.15) is 30.6 Å². The molecule has 0 aromatic carbocycles. The molecule has 1 amide bonds. The van der Waals surface area contributed by atoms with E-state index >= 15 is 0 Å². The molecule has 84 valence electrons. The van der Waals surface area contributed by atoms with Crippen molar-refractivity contribution in [3.05, 3.63) is 24.2 Å². The molecule has 0 saturated heterocycles. The van der Waals surface area contributed by atoms with Crippen LogP contribution in [0.25, 0.3) is 0 Å². The van der Waals surface area contributed by atoms with E-state index in [9.17, 15) is 4.79 Å². The Labute approximate surface area is 94.8 Å². The number of furan rings is 1. The van der Waals surface area contributed by atoms with Gasteiger partial charge in [-0.25, -0.2) is 0 Å². The summed E-state index contributed by atoms with van der Waals surface area (Å²) < 4.78 is 4.85. The van der Waals surface area contributed by atoms with Gasteiger partial charge < -0.3 is 9.73 Å². The van der Waals surface area contributed by atoms with E-state index < -0.39 is 0 Å². The predicted octanol–water partition coefficient (Wildman–Crippen LogP) is 2.66. The topological polar surface area (TPSA) is 42.2 Å². The standard InChI is InChI=1S/C11H16ClNO2/c1-8(2)10(3-5-12)13-11(14)9-4-6-15-7-9/h4,6-8,10H,3,5H2,1-2H3,(H,13,14). The Bertz CT molecular complexity index is 296. The molecule has 4 heteroatoms. The zero-order chi connectivity index (χ0) is 11.3. The lowest BCUT2D eigenvalue weighted by Crippen LogP contribution is -2.38. The fraction of sp³-hybridized carbons (Fsp3) is 0.545. The van der Waals surface area contributed by atoms with Crippen molar-refractivity contribution in [3.63, 3.8) is 0 Å². The molecule has 15 heavy (non-hydrogen) atoms. The quantitative estimate of drug-likeness (QED) is 0.789. The first-order valence-electron chi connectivity index (χ1n) is 5.04. The molecule has 0 radical (unpaired) electrons. The second kappa shape index (κ2) is 5.81. The molecule has 0 bridgehead atoms. The van der Waals surface area contributed by atoms with Gasteiger partial charge in [0.2, 0.25) is 0 Å². The number of carbonyl (C=O) groups is 1. The van der Waals surface area contributed by atoms with Crippen LogP contribution in [0.4, 0.5) is 0 Å². The van der Waals surface area contributed by atoms with Crippen molar-refractivity contribution >= 4 is 17.5 Å². The summed E-state index contributed by atoms with van der Waals surface area (Å²) in [6.45, 7) is 4.12. The molecule has 0 aliphatic heterocycles. The Morgan fingerprint density at radius 2 is 2.33 bits per heavy atom. The Morgan fingerprint density at radius 3 is 2.80 bits per heavy atom. The van der Waals surface area contributed by atoms with Crippen LogP contribution in [0.15, 0.2) is 23.0 Å². The fourth-order valence-electron chi connectivity index (χ4n) is 1.34. The van der Waals surface area contributed by atoms with Crippen LogP contribution in [0.3, 0.4) is 0 Å². The molecule has 0 spiro atoms. The predicted molar refractivity (Wildman–Crippen MR) is 60.1 cm³/mol. The maximum Gasteiger partial charge on any atom is 0.254 e. The summed E-state index contributed by atoms with van der Waals surface area (Å²) in [7, 11) is 0. The van der Waals surface area contributed by atoms with Crippen molar-refractivity contribution in [1.82, 2.24) is 5.32 Å². The molecule has 1 atom stereocenters. The molecule has 3 nitrogen and oxygen atoms in total. The zero-order valence-corrected chi connectivity index (χ0v) is 9.75. The molecule has 1 N–H and O–H groups in total. The minimum atomic E-state index is -0.104. The molecule has 0 saturated carbocycles. The average molecular weight is 230 g/mol. The zero-order valence-electron chi connectivity index (χ0n) is 9.00. The van der Waals surface area contributed by atoms with Crippen molar-refractivity contribution < 1.29 is 9.21 Å². The monoisotopic (exact) mass is 229 g/mol. The highest BCUT2D eigenvalue weighted by Crippen LogP contribution is 2.09. The van der Waals surface area contributed by atoms with Crippen molar-refractivity contribution in [2.45, 2.75) is 26.3 Å². The number of hydrogen-bond acceptors (Lipinski definition) is 2. The summed E-state index contributed by atoms with van der Waals surface area (Å²) in [6, 6.07) is 1.76. The molecular formula is C11H16ClNO2. The van der Waals surface area contributed by atoms with E-state index in [0.717, 1.165) is 6.42 Å². The van der Waals surface area contributed by atoms with E-state index in [4.69, 9.17) is 16.0 Å². The third-order valence-electron chi connectivity index (χ3n) is 2.32. The van der Waals surface area contributed by atoms with Gasteiger partial charge in [0.25, 0.3) is 5.91 Å². The van der Waals surface area contributed by atoms with Crippen LogP contribution < -0.4 is 5.32 Å². The maximum absolute atomic E-state index is 11.7. The minimum Gasteiger partial charge on any atom is -0.472 e. The molecule has 1 rings (SSSR count). The molecule has 0 aliphatic rings. The smallest absolute Gasteiger partial charge is 0.254 e. The van der Waals surface area contributed by atoms with Gasteiger partial charge in [-0.2, -0.15) is 0 Å². The Hall–Kier alpha value is -0.960. The van der Waals surface area contributed by atoms with Crippen molar-refractivity contribution in [2.75, 3.05) is 5.88 Å². The van der Waals surface area contributed by atoms with Gasteiger partial charge in [-0.1, -0.05) is 13.8 Å². The van der Waals surface area contributed by atoms with Gasteiger partial charge in [-0.05, 0) is 18.4 Å². The van der Waals surface area contributed by atoms with Gasteiger partial charge in [0, 0.05) is 11.9 Å². The van der Waals surface area contributed by atoms with Gasteiger partial charge in [0.15, 0.2) is 0 Å². The van der Waals surface area contributed by atoms with Gasteiger partial charge in [0.1, 0.15) is 6.26 Å². The van der Waals surface area contributed by atoms with Crippen LogP contribution in [0.2, 0.25) is 0 Å². The highest BCUT2D eigenvalue weighted by atomic mass is 35.5. The molecule has 1 aromatic heterocycles. The summed E-state index contributed by atoms with van der Waals surface area (Å²) >= 11 is 5.68. The fourth-order valence-corrected chi connectivity index (χ4v) is 1.57. The second-order valence-electron chi connectivity index (χ2n) is 3.81. The van der Waals surface area contributed by atoms with Crippen molar-refractivity contribution in [1.29, 1.82) is 0 Å². The normalized spacial score (nSPS) is 12.8. The largest absolute Gasteiger partial charge is 0.472 e. The summed E-state index contributed by atoms with van der Waals surface area (Å²) in [5, 5.41) is 2.94. The first-order chi connectivity index (χ1) is 7.15. The summed E-state index contributed by atoms with van der Waals surface area (Å²) in [4.78, 5) is 11.7. The molecule has 0 fully saturated rings. The van der Waals surface area contributed by atoms with E-state index in [0.29, 0.717) is 17.4 Å². The number of alkyl halides is 1. The highest BCUT2D eigenvalue weighted by molar-refractivity contribution is 6.17. The third-order valence-corrected chi connectivity index (χ3v) is 2.54. The van der Waals surface area contributed by atoms with Crippen LogP contribution in [-0.4, -0.2) is 17.8 Å². The van der Waals surface area contributed by atoms with E-state index in [1.807, 2.05) is 0 Å². The Balaban J connectivity index is 2.55. The second-order valence-corrected chi connectivity index (χ2v) is 4.19. The first-order valence-corrected chi connectivity index (χ1v) is 5.57. The van der Waals surface area contributed by atoms with E-state index in [1.54, 1.807) is 6.07 Å². The minimum absolute atomic E-state index is 0.104. The number of amides is 1. The number of hydrogen-bond donors (Lipinski definition) is 1. The van der Waals surface area contributed by atoms with Gasteiger partial charge in [0.05, 0.1) is 11.8 Å². The van der Waals surface area contributed by atoms with Gasteiger partial charge in [-0.15, -0.1) is 11.6 Å².